The maximum absolute atomic E-state index is 11.8. The Morgan fingerprint density at radius 2 is 1.74 bits per heavy atom. The van der Waals surface area contributed by atoms with E-state index in [1.165, 1.54) is 22.3 Å². The summed E-state index contributed by atoms with van der Waals surface area (Å²) >= 11 is 0. The van der Waals surface area contributed by atoms with Crippen molar-refractivity contribution in [3.05, 3.63) is 88.5 Å². The van der Waals surface area contributed by atoms with Gasteiger partial charge in [0, 0.05) is 12.8 Å². The number of hydrogen-bond acceptors (Lipinski definition) is 5. The molecule has 1 spiro atoms. The van der Waals surface area contributed by atoms with Crippen LogP contribution in [0.5, 0.6) is 5.75 Å². The molecule has 0 amide bonds. The molecule has 0 bridgehead atoms. The summed E-state index contributed by atoms with van der Waals surface area (Å²) in [5.41, 5.74) is 8.00. The molecule has 2 aliphatic heterocycles. The molecule has 1 saturated heterocycles. The Kier molecular flexibility index (Phi) is 6.63. The van der Waals surface area contributed by atoms with Gasteiger partial charge in [-0.2, -0.15) is 0 Å². The van der Waals surface area contributed by atoms with Crippen LogP contribution < -0.4 is 4.74 Å². The summed E-state index contributed by atoms with van der Waals surface area (Å²) in [6, 6.07) is 21.0. The van der Waals surface area contributed by atoms with Crippen molar-refractivity contribution in [2.24, 2.45) is 0 Å². The summed E-state index contributed by atoms with van der Waals surface area (Å²) in [4.78, 5) is 11.8. The Balaban J connectivity index is 1.45. The first-order valence-electron chi connectivity index (χ1n) is 12.4. The minimum atomic E-state index is -0.841. The van der Waals surface area contributed by atoms with Crippen LogP contribution in [-0.2, 0) is 31.2 Å². The van der Waals surface area contributed by atoms with Crippen molar-refractivity contribution in [1.29, 1.82) is 0 Å². The molecule has 182 valence electrons. The summed E-state index contributed by atoms with van der Waals surface area (Å²) in [5, 5.41) is 0. The second kappa shape index (κ2) is 9.84. The maximum atomic E-state index is 11.8. The number of carbonyl (C=O) groups excluding carboxylic acids is 1. The topological polar surface area (TPSA) is 54.0 Å². The summed E-state index contributed by atoms with van der Waals surface area (Å²) in [6.45, 7) is 7.60. The second-order valence-corrected chi connectivity index (χ2v) is 9.29. The maximum Gasteiger partial charge on any atom is 0.306 e. The van der Waals surface area contributed by atoms with Crippen LogP contribution >= 0.6 is 0 Å². The monoisotopic (exact) mass is 472 g/mol. The van der Waals surface area contributed by atoms with E-state index in [0.717, 1.165) is 22.4 Å². The Labute approximate surface area is 207 Å². The third-order valence-electron chi connectivity index (χ3n) is 6.88. The number of fused-ring (bicyclic) bond motifs is 2. The van der Waals surface area contributed by atoms with Gasteiger partial charge in [0.1, 0.15) is 11.9 Å². The van der Waals surface area contributed by atoms with Crippen LogP contribution in [0, 0.1) is 13.8 Å². The average molecular weight is 473 g/mol. The van der Waals surface area contributed by atoms with Crippen LogP contribution in [0.4, 0.5) is 0 Å². The molecular weight excluding hydrogens is 440 g/mol. The van der Waals surface area contributed by atoms with Gasteiger partial charge in [-0.15, -0.1) is 0 Å². The van der Waals surface area contributed by atoms with Crippen LogP contribution in [0.1, 0.15) is 53.7 Å². The van der Waals surface area contributed by atoms with E-state index in [2.05, 4.69) is 62.4 Å². The molecule has 1 atom stereocenters. The quantitative estimate of drug-likeness (QED) is 0.401. The second-order valence-electron chi connectivity index (χ2n) is 9.29. The minimum absolute atomic E-state index is 0.187. The SMILES string of the molecule is CCOC(=O)CCc1ccc2c(c1)C1(CC(c3cccc(-c4c(C)cccc4C)c3)O2)OCCO1. The Hall–Kier alpha value is -3.15. The molecule has 3 aromatic carbocycles. The van der Waals surface area contributed by atoms with Crippen LogP contribution in [0.2, 0.25) is 0 Å². The lowest BCUT2D eigenvalue weighted by Gasteiger charge is -2.38. The molecule has 2 aliphatic rings. The van der Waals surface area contributed by atoms with E-state index < -0.39 is 5.79 Å². The van der Waals surface area contributed by atoms with Gasteiger partial charge >= 0.3 is 5.97 Å². The third kappa shape index (κ3) is 4.71. The number of aryl methyl sites for hydroxylation is 3. The van der Waals surface area contributed by atoms with Gasteiger partial charge in [0.25, 0.3) is 0 Å². The molecule has 3 aromatic rings. The van der Waals surface area contributed by atoms with Gasteiger partial charge in [-0.1, -0.05) is 42.5 Å². The summed E-state index contributed by atoms with van der Waals surface area (Å²) in [6.07, 6.45) is 1.31. The van der Waals surface area contributed by atoms with Gasteiger partial charge in [0.2, 0.25) is 5.79 Å². The molecule has 0 aliphatic carbocycles. The average Bonchev–Trinajstić information content (AvgIpc) is 3.32. The molecule has 0 N–H and O–H groups in total. The fourth-order valence-corrected chi connectivity index (χ4v) is 5.24. The van der Waals surface area contributed by atoms with Crippen molar-refractivity contribution < 1.29 is 23.7 Å². The van der Waals surface area contributed by atoms with Crippen molar-refractivity contribution in [3.63, 3.8) is 0 Å². The lowest BCUT2D eigenvalue weighted by molar-refractivity contribution is -0.195. The predicted octanol–water partition coefficient (Wildman–Crippen LogP) is 6.19. The highest BCUT2D eigenvalue weighted by molar-refractivity contribution is 5.71. The zero-order valence-electron chi connectivity index (χ0n) is 20.6. The number of hydrogen-bond donors (Lipinski definition) is 0. The standard InChI is InChI=1S/C30H32O5/c1-4-32-28(31)14-12-22-11-13-26-25(17-22)30(33-15-16-34-30)19-27(35-26)23-9-6-10-24(18-23)29-20(2)7-5-8-21(29)3/h5-11,13,17-18,27H,4,12,14-16,19H2,1-3H3. The summed E-state index contributed by atoms with van der Waals surface area (Å²) in [7, 11) is 0. The zero-order chi connectivity index (χ0) is 24.4. The number of benzene rings is 3. The van der Waals surface area contributed by atoms with Gasteiger partial charge in [-0.3, -0.25) is 4.79 Å². The normalized spacial score (nSPS) is 18.2. The molecule has 0 saturated carbocycles. The first kappa shape index (κ1) is 23.6. The number of ether oxygens (including phenoxy) is 4. The van der Waals surface area contributed by atoms with Gasteiger partial charge in [-0.05, 0) is 78.8 Å². The molecule has 1 fully saturated rings. The molecular formula is C30H32O5. The fourth-order valence-electron chi connectivity index (χ4n) is 5.24. The van der Waals surface area contributed by atoms with Crippen molar-refractivity contribution in [2.75, 3.05) is 19.8 Å². The molecule has 5 rings (SSSR count). The van der Waals surface area contributed by atoms with Gasteiger partial charge in [-0.25, -0.2) is 0 Å². The molecule has 5 heteroatoms. The molecule has 35 heavy (non-hydrogen) atoms. The first-order valence-corrected chi connectivity index (χ1v) is 12.4. The molecule has 5 nitrogen and oxygen atoms in total. The van der Waals surface area contributed by atoms with E-state index in [0.29, 0.717) is 39.1 Å². The van der Waals surface area contributed by atoms with Gasteiger partial charge in [0.15, 0.2) is 0 Å². The Bertz CT molecular complexity index is 1200. The lowest BCUT2D eigenvalue weighted by atomic mass is 9.88. The number of rotatable bonds is 6. The molecule has 0 radical (unpaired) electrons. The zero-order valence-corrected chi connectivity index (χ0v) is 20.6. The molecule has 1 unspecified atom stereocenters. The highest BCUT2D eigenvalue weighted by Gasteiger charge is 2.47. The highest BCUT2D eigenvalue weighted by Crippen LogP contribution is 2.49. The van der Waals surface area contributed by atoms with Crippen molar-refractivity contribution in [2.45, 2.75) is 51.9 Å². The summed E-state index contributed by atoms with van der Waals surface area (Å²) in [5.74, 6) is -0.263. The predicted molar refractivity (Wildman–Crippen MR) is 134 cm³/mol. The van der Waals surface area contributed by atoms with E-state index in [1.54, 1.807) is 0 Å². The van der Waals surface area contributed by atoms with E-state index in [9.17, 15) is 4.79 Å². The van der Waals surface area contributed by atoms with E-state index >= 15 is 0 Å². The molecule has 2 heterocycles. The van der Waals surface area contributed by atoms with E-state index in [-0.39, 0.29) is 12.1 Å². The van der Waals surface area contributed by atoms with Crippen LogP contribution in [0.3, 0.4) is 0 Å². The molecule has 0 aromatic heterocycles. The lowest BCUT2D eigenvalue weighted by Crippen LogP contribution is -2.35. The third-order valence-corrected chi connectivity index (χ3v) is 6.88. The summed E-state index contributed by atoms with van der Waals surface area (Å²) < 4.78 is 24.1. The number of esters is 1. The van der Waals surface area contributed by atoms with E-state index in [4.69, 9.17) is 18.9 Å². The Morgan fingerprint density at radius 1 is 1.00 bits per heavy atom. The van der Waals surface area contributed by atoms with Crippen LogP contribution in [-0.4, -0.2) is 25.8 Å². The minimum Gasteiger partial charge on any atom is -0.485 e. The van der Waals surface area contributed by atoms with Crippen LogP contribution in [0.15, 0.2) is 60.7 Å². The smallest absolute Gasteiger partial charge is 0.306 e. The van der Waals surface area contributed by atoms with Crippen LogP contribution in [0.25, 0.3) is 11.1 Å². The van der Waals surface area contributed by atoms with Crippen molar-refractivity contribution in [3.8, 4) is 16.9 Å². The fraction of sp³-hybridized carbons (Fsp3) is 0.367. The number of carbonyl (C=O) groups is 1. The first-order chi connectivity index (χ1) is 17.0. The Morgan fingerprint density at radius 3 is 2.49 bits per heavy atom. The van der Waals surface area contributed by atoms with Gasteiger partial charge < -0.3 is 18.9 Å². The van der Waals surface area contributed by atoms with Crippen molar-refractivity contribution >= 4 is 5.97 Å². The highest BCUT2D eigenvalue weighted by atomic mass is 16.7. The van der Waals surface area contributed by atoms with E-state index in [1.807, 2.05) is 19.1 Å². The van der Waals surface area contributed by atoms with Gasteiger partial charge in [0.05, 0.1) is 25.4 Å². The van der Waals surface area contributed by atoms with Crippen molar-refractivity contribution in [1.82, 2.24) is 0 Å². The largest absolute Gasteiger partial charge is 0.485 e.